The lowest BCUT2D eigenvalue weighted by Gasteiger charge is -2.36. The summed E-state index contributed by atoms with van der Waals surface area (Å²) in [6.45, 7) is 8.99. The number of aliphatic hydroxyl groups excluding tert-OH is 1. The molecule has 21 heavy (non-hydrogen) atoms. The van der Waals surface area contributed by atoms with Crippen LogP contribution in [0.15, 0.2) is 11.6 Å². The number of hydrogen-bond acceptors (Lipinski definition) is 6. The van der Waals surface area contributed by atoms with E-state index in [9.17, 15) is 4.79 Å². The number of methoxy groups -OCH3 is 1. The van der Waals surface area contributed by atoms with E-state index >= 15 is 0 Å². The van der Waals surface area contributed by atoms with Gasteiger partial charge in [0.1, 0.15) is 0 Å². The van der Waals surface area contributed by atoms with Gasteiger partial charge in [-0.3, -0.25) is 14.7 Å². The van der Waals surface area contributed by atoms with E-state index in [0.717, 1.165) is 64.4 Å². The molecule has 2 aliphatic heterocycles. The number of carbonyl (C=O) groups is 1. The zero-order chi connectivity index (χ0) is 15.1. The number of ether oxygens (including phenoxy) is 1. The summed E-state index contributed by atoms with van der Waals surface area (Å²) in [4.78, 5) is 18.7. The van der Waals surface area contributed by atoms with Crippen LogP contribution in [0, 0.1) is 0 Å². The van der Waals surface area contributed by atoms with Crippen LogP contribution in [-0.2, 0) is 9.53 Å². The van der Waals surface area contributed by atoms with Gasteiger partial charge in [0.2, 0.25) is 0 Å². The van der Waals surface area contributed by atoms with Crippen LogP contribution in [0.1, 0.15) is 6.42 Å². The molecule has 6 heteroatoms. The highest BCUT2D eigenvalue weighted by molar-refractivity contribution is 5.88. The van der Waals surface area contributed by atoms with Crippen LogP contribution in [0.4, 0.5) is 0 Å². The summed E-state index contributed by atoms with van der Waals surface area (Å²) in [7, 11) is 1.44. The number of β-amino-alcohol motifs (C(OH)–C–C–N with tert-alkyl or cyclic N) is 1. The monoisotopic (exact) mass is 297 g/mol. The van der Waals surface area contributed by atoms with Crippen molar-refractivity contribution in [3.8, 4) is 0 Å². The molecule has 2 rings (SSSR count). The Kier molecular flexibility index (Phi) is 6.63. The van der Waals surface area contributed by atoms with Crippen molar-refractivity contribution in [2.45, 2.75) is 6.42 Å². The fraction of sp³-hybridized carbons (Fsp3) is 0.800. The molecule has 0 saturated carbocycles. The van der Waals surface area contributed by atoms with Gasteiger partial charge in [0.15, 0.2) is 0 Å². The molecule has 0 atom stereocenters. The van der Waals surface area contributed by atoms with Crippen molar-refractivity contribution in [3.05, 3.63) is 11.6 Å². The molecule has 0 aliphatic carbocycles. The van der Waals surface area contributed by atoms with Crippen molar-refractivity contribution in [1.29, 1.82) is 0 Å². The van der Waals surface area contributed by atoms with Crippen LogP contribution in [0.25, 0.3) is 0 Å². The summed E-state index contributed by atoms with van der Waals surface area (Å²) in [5.74, 6) is -0.197. The molecule has 6 nitrogen and oxygen atoms in total. The molecule has 0 aromatic rings. The largest absolute Gasteiger partial charge is 0.466 e. The van der Waals surface area contributed by atoms with Gasteiger partial charge < -0.3 is 9.84 Å². The predicted molar refractivity (Wildman–Crippen MR) is 81.1 cm³/mol. The maximum atomic E-state index is 11.6. The molecule has 120 valence electrons. The Morgan fingerprint density at radius 3 is 2.33 bits per heavy atom. The van der Waals surface area contributed by atoms with Gasteiger partial charge in [0.25, 0.3) is 0 Å². The number of aliphatic hydroxyl groups is 1. The number of esters is 1. The summed E-state index contributed by atoms with van der Waals surface area (Å²) < 4.78 is 4.80. The second-order valence-electron chi connectivity index (χ2n) is 5.69. The van der Waals surface area contributed by atoms with Crippen molar-refractivity contribution in [1.82, 2.24) is 14.7 Å². The molecular weight excluding hydrogens is 270 g/mol. The third-order valence-corrected chi connectivity index (χ3v) is 4.29. The summed E-state index contributed by atoms with van der Waals surface area (Å²) in [6, 6.07) is 0. The summed E-state index contributed by atoms with van der Waals surface area (Å²) in [5, 5.41) is 8.94. The van der Waals surface area contributed by atoms with Gasteiger partial charge >= 0.3 is 5.97 Å². The van der Waals surface area contributed by atoms with Gasteiger partial charge in [-0.2, -0.15) is 0 Å². The number of hydrogen-bond donors (Lipinski definition) is 1. The highest BCUT2D eigenvalue weighted by Crippen LogP contribution is 2.11. The molecule has 0 amide bonds. The van der Waals surface area contributed by atoms with Crippen LogP contribution >= 0.6 is 0 Å². The summed E-state index contributed by atoms with van der Waals surface area (Å²) >= 11 is 0. The van der Waals surface area contributed by atoms with Gasteiger partial charge in [-0.25, -0.2) is 4.79 Å². The van der Waals surface area contributed by atoms with E-state index in [1.54, 1.807) is 0 Å². The molecule has 1 saturated heterocycles. The first-order valence-corrected chi connectivity index (χ1v) is 7.78. The minimum absolute atomic E-state index is 0.197. The molecule has 0 bridgehead atoms. The smallest absolute Gasteiger partial charge is 0.334 e. The zero-order valence-corrected chi connectivity index (χ0v) is 13.0. The van der Waals surface area contributed by atoms with E-state index < -0.39 is 0 Å². The first kappa shape index (κ1) is 16.4. The molecule has 1 fully saturated rings. The van der Waals surface area contributed by atoms with E-state index in [0.29, 0.717) is 6.54 Å². The first-order chi connectivity index (χ1) is 10.2. The zero-order valence-electron chi connectivity index (χ0n) is 13.0. The Bertz CT molecular complexity index is 365. The van der Waals surface area contributed by atoms with Gasteiger partial charge in [0.05, 0.1) is 13.7 Å². The molecule has 0 spiro atoms. The quantitative estimate of drug-likeness (QED) is 0.661. The number of piperazine rings is 1. The summed E-state index contributed by atoms with van der Waals surface area (Å²) in [5.41, 5.74) is 0.788. The van der Waals surface area contributed by atoms with Crippen LogP contribution in [-0.4, -0.2) is 98.4 Å². The van der Waals surface area contributed by atoms with E-state index in [1.807, 2.05) is 6.08 Å². The third kappa shape index (κ3) is 5.07. The Morgan fingerprint density at radius 2 is 1.71 bits per heavy atom. The average Bonchev–Trinajstić information content (AvgIpc) is 2.54. The lowest BCUT2D eigenvalue weighted by molar-refractivity contribution is -0.136. The molecule has 0 aromatic carbocycles. The van der Waals surface area contributed by atoms with Gasteiger partial charge in [-0.05, 0) is 6.42 Å². The normalized spacial score (nSPS) is 22.1. The maximum absolute atomic E-state index is 11.6. The second kappa shape index (κ2) is 8.48. The van der Waals surface area contributed by atoms with E-state index in [2.05, 4.69) is 14.7 Å². The molecule has 2 aliphatic rings. The van der Waals surface area contributed by atoms with E-state index in [1.165, 1.54) is 7.11 Å². The molecule has 0 aromatic heterocycles. The first-order valence-electron chi connectivity index (χ1n) is 7.78. The number of rotatable bonds is 6. The molecule has 0 radical (unpaired) electrons. The Morgan fingerprint density at radius 1 is 1.10 bits per heavy atom. The maximum Gasteiger partial charge on any atom is 0.334 e. The van der Waals surface area contributed by atoms with E-state index in [4.69, 9.17) is 9.84 Å². The second-order valence-corrected chi connectivity index (χ2v) is 5.69. The van der Waals surface area contributed by atoms with Crippen LogP contribution in [0.2, 0.25) is 0 Å². The fourth-order valence-corrected chi connectivity index (χ4v) is 2.94. The predicted octanol–water partition coefficient (Wildman–Crippen LogP) is -0.599. The Labute approximate surface area is 126 Å². The molecule has 2 heterocycles. The van der Waals surface area contributed by atoms with Crippen molar-refractivity contribution in [2.75, 3.05) is 72.6 Å². The summed E-state index contributed by atoms with van der Waals surface area (Å²) in [6.07, 6.45) is 2.92. The topological polar surface area (TPSA) is 56.2 Å². The highest BCUT2D eigenvalue weighted by atomic mass is 16.5. The highest BCUT2D eigenvalue weighted by Gasteiger charge is 2.20. The Hall–Kier alpha value is -0.950. The third-order valence-electron chi connectivity index (χ3n) is 4.29. The molecular formula is C15H27N3O3. The van der Waals surface area contributed by atoms with Crippen LogP contribution < -0.4 is 0 Å². The minimum Gasteiger partial charge on any atom is -0.466 e. The van der Waals surface area contributed by atoms with Crippen molar-refractivity contribution < 1.29 is 14.6 Å². The van der Waals surface area contributed by atoms with Crippen LogP contribution in [0.5, 0.6) is 0 Å². The van der Waals surface area contributed by atoms with Crippen molar-refractivity contribution in [2.24, 2.45) is 0 Å². The lowest BCUT2D eigenvalue weighted by atomic mass is 10.1. The molecule has 1 N–H and O–H groups in total. The minimum atomic E-state index is -0.197. The SMILES string of the molecule is COC(=O)C1=CCCN(CCN2CCN(CCO)CC2)C1. The standard InChI is InChI=1S/C15H27N3O3/c1-21-15(20)14-3-2-4-18(13-14)10-9-16-5-7-17(8-6-16)11-12-19/h3,19H,2,4-13H2,1H3. The Balaban J connectivity index is 1.67. The van der Waals surface area contributed by atoms with Crippen molar-refractivity contribution in [3.63, 3.8) is 0 Å². The lowest BCUT2D eigenvalue weighted by Crippen LogP contribution is -2.49. The van der Waals surface area contributed by atoms with Crippen LogP contribution in [0.3, 0.4) is 0 Å². The van der Waals surface area contributed by atoms with Gasteiger partial charge in [-0.15, -0.1) is 0 Å². The average molecular weight is 297 g/mol. The number of carbonyl (C=O) groups excluding carboxylic acids is 1. The van der Waals surface area contributed by atoms with Gasteiger partial charge in [0, 0.05) is 64.5 Å². The van der Waals surface area contributed by atoms with Gasteiger partial charge in [-0.1, -0.05) is 6.08 Å². The fourth-order valence-electron chi connectivity index (χ4n) is 2.94. The molecule has 0 unspecified atom stereocenters. The number of nitrogens with zero attached hydrogens (tertiary/aromatic N) is 3. The van der Waals surface area contributed by atoms with E-state index in [-0.39, 0.29) is 12.6 Å². The van der Waals surface area contributed by atoms with Crippen molar-refractivity contribution >= 4 is 5.97 Å².